The van der Waals surface area contributed by atoms with Gasteiger partial charge in [0.25, 0.3) is 0 Å². The molecule has 2 aromatic rings. The molecule has 0 aliphatic carbocycles. The van der Waals surface area contributed by atoms with Gasteiger partial charge in [-0.2, -0.15) is 4.72 Å². The average molecular weight is 473 g/mol. The van der Waals surface area contributed by atoms with E-state index in [1.807, 2.05) is 6.92 Å². The summed E-state index contributed by atoms with van der Waals surface area (Å²) in [5.41, 5.74) is 0.755. The minimum atomic E-state index is -4.07. The molecule has 0 saturated heterocycles. The molecule has 0 heterocycles. The summed E-state index contributed by atoms with van der Waals surface area (Å²) in [7, 11) is -4.07. The Kier molecular flexibility index (Phi) is 8.66. The summed E-state index contributed by atoms with van der Waals surface area (Å²) in [5, 5.41) is 2.77. The van der Waals surface area contributed by atoms with E-state index in [9.17, 15) is 18.0 Å². The number of hydrogen-bond donors (Lipinski definition) is 2. The highest BCUT2D eigenvalue weighted by atomic mass is 35.5. The van der Waals surface area contributed by atoms with Crippen molar-refractivity contribution in [2.24, 2.45) is 0 Å². The van der Waals surface area contributed by atoms with Crippen molar-refractivity contribution in [1.82, 2.24) is 4.72 Å². The summed E-state index contributed by atoms with van der Waals surface area (Å²) in [4.78, 5) is 24.1. The van der Waals surface area contributed by atoms with Crippen molar-refractivity contribution in [2.75, 3.05) is 11.9 Å². The number of rotatable bonds is 9. The molecular weight excluding hydrogens is 451 g/mol. The Labute approximate surface area is 185 Å². The van der Waals surface area contributed by atoms with Gasteiger partial charge in [0.2, 0.25) is 15.9 Å². The first-order chi connectivity index (χ1) is 14.1. The van der Waals surface area contributed by atoms with Crippen molar-refractivity contribution < 1.29 is 22.7 Å². The van der Waals surface area contributed by atoms with Crippen LogP contribution in [0.2, 0.25) is 10.0 Å². The Morgan fingerprint density at radius 1 is 1.10 bits per heavy atom. The van der Waals surface area contributed by atoms with Gasteiger partial charge in [0.05, 0.1) is 23.2 Å². The van der Waals surface area contributed by atoms with Crippen molar-refractivity contribution in [3.05, 3.63) is 58.1 Å². The van der Waals surface area contributed by atoms with Crippen LogP contribution in [-0.2, 0) is 19.6 Å². The molecule has 2 N–H and O–H groups in total. The van der Waals surface area contributed by atoms with Gasteiger partial charge >= 0.3 is 5.97 Å². The normalized spacial score (nSPS) is 12.3. The highest BCUT2D eigenvalue weighted by molar-refractivity contribution is 7.89. The third-order valence-electron chi connectivity index (χ3n) is 4.03. The second kappa shape index (κ2) is 10.8. The van der Waals surface area contributed by atoms with E-state index in [0.717, 1.165) is 12.8 Å². The van der Waals surface area contributed by atoms with Crippen LogP contribution in [0.4, 0.5) is 5.69 Å². The first-order valence-corrected chi connectivity index (χ1v) is 11.4. The fourth-order valence-corrected chi connectivity index (χ4v) is 4.33. The van der Waals surface area contributed by atoms with Crippen molar-refractivity contribution in [3.63, 3.8) is 0 Å². The number of esters is 1. The highest BCUT2D eigenvalue weighted by Crippen LogP contribution is 2.25. The van der Waals surface area contributed by atoms with Gasteiger partial charge < -0.3 is 10.1 Å². The molecule has 1 atom stereocenters. The van der Waals surface area contributed by atoms with Crippen molar-refractivity contribution >= 4 is 50.8 Å². The van der Waals surface area contributed by atoms with Crippen molar-refractivity contribution in [2.45, 2.75) is 37.6 Å². The van der Waals surface area contributed by atoms with Crippen LogP contribution in [0.1, 0.15) is 37.0 Å². The topological polar surface area (TPSA) is 102 Å². The molecule has 0 radical (unpaired) electrons. The van der Waals surface area contributed by atoms with E-state index in [-0.39, 0.29) is 14.9 Å². The standard InChI is InChI=1S/C20H22Cl2N2O5S/c1-3-4-11-29-20(26)14-5-8-16(9-6-14)23-19(25)13(2)24-30(27,28)18-12-15(21)7-10-17(18)22/h5-10,12-13,24H,3-4,11H2,1-2H3,(H,23,25)/t13-/m0/s1. The molecule has 2 aromatic carbocycles. The average Bonchev–Trinajstić information content (AvgIpc) is 2.70. The molecule has 0 saturated carbocycles. The van der Waals surface area contributed by atoms with Gasteiger partial charge in [-0.05, 0) is 55.8 Å². The van der Waals surface area contributed by atoms with E-state index in [4.69, 9.17) is 27.9 Å². The lowest BCUT2D eigenvalue weighted by molar-refractivity contribution is -0.117. The lowest BCUT2D eigenvalue weighted by Gasteiger charge is -2.15. The Morgan fingerprint density at radius 2 is 1.77 bits per heavy atom. The summed E-state index contributed by atoms with van der Waals surface area (Å²) in [6.07, 6.45) is 1.71. The molecule has 1 amide bonds. The molecule has 7 nitrogen and oxygen atoms in total. The molecule has 0 aromatic heterocycles. The van der Waals surface area contributed by atoms with E-state index in [1.54, 1.807) is 0 Å². The van der Waals surface area contributed by atoms with Crippen LogP contribution >= 0.6 is 23.2 Å². The number of ether oxygens (including phenoxy) is 1. The van der Waals surface area contributed by atoms with E-state index in [2.05, 4.69) is 10.0 Å². The first kappa shape index (κ1) is 24.1. The number of benzene rings is 2. The van der Waals surface area contributed by atoms with Crippen LogP contribution in [0.3, 0.4) is 0 Å². The number of hydrogen-bond acceptors (Lipinski definition) is 5. The maximum atomic E-state index is 12.5. The maximum Gasteiger partial charge on any atom is 0.338 e. The molecule has 2 rings (SSSR count). The monoisotopic (exact) mass is 472 g/mol. The molecular formula is C20H22Cl2N2O5S. The fraction of sp³-hybridized carbons (Fsp3) is 0.300. The SMILES string of the molecule is CCCCOC(=O)c1ccc(NC(=O)[C@H](C)NS(=O)(=O)c2cc(Cl)ccc2Cl)cc1. The molecule has 30 heavy (non-hydrogen) atoms. The van der Waals surface area contributed by atoms with E-state index < -0.39 is 27.9 Å². The van der Waals surface area contributed by atoms with Crippen LogP contribution in [0.15, 0.2) is 47.4 Å². The van der Waals surface area contributed by atoms with Crippen LogP contribution in [0, 0.1) is 0 Å². The lowest BCUT2D eigenvalue weighted by atomic mass is 10.2. The minimum absolute atomic E-state index is 0.0130. The third kappa shape index (κ3) is 6.70. The number of unbranched alkanes of at least 4 members (excludes halogenated alkanes) is 1. The largest absolute Gasteiger partial charge is 0.462 e. The van der Waals surface area contributed by atoms with Crippen LogP contribution in [0.25, 0.3) is 0 Å². The summed E-state index contributed by atoms with van der Waals surface area (Å²) in [6, 6.07) is 9.03. The number of carbonyl (C=O) groups excluding carboxylic acids is 2. The smallest absolute Gasteiger partial charge is 0.338 e. The molecule has 0 spiro atoms. The number of halogens is 2. The van der Waals surface area contributed by atoms with E-state index >= 15 is 0 Å². The number of carbonyl (C=O) groups is 2. The molecule has 0 unspecified atom stereocenters. The summed E-state index contributed by atoms with van der Waals surface area (Å²) >= 11 is 11.8. The molecule has 0 aliphatic rings. The van der Waals surface area contributed by atoms with Crippen molar-refractivity contribution in [3.8, 4) is 0 Å². The Balaban J connectivity index is 2.00. The minimum Gasteiger partial charge on any atom is -0.462 e. The van der Waals surface area contributed by atoms with Gasteiger partial charge in [0, 0.05) is 10.7 Å². The second-order valence-corrected chi connectivity index (χ2v) is 9.00. The lowest BCUT2D eigenvalue weighted by Crippen LogP contribution is -2.41. The van der Waals surface area contributed by atoms with Gasteiger partial charge in [-0.1, -0.05) is 36.5 Å². The second-order valence-electron chi connectivity index (χ2n) is 6.47. The summed E-state index contributed by atoms with van der Waals surface area (Å²) < 4.78 is 32.4. The predicted molar refractivity (Wildman–Crippen MR) is 117 cm³/mol. The molecule has 0 fully saturated rings. The Morgan fingerprint density at radius 3 is 2.40 bits per heavy atom. The predicted octanol–water partition coefficient (Wildman–Crippen LogP) is 4.26. The number of anilines is 1. The third-order valence-corrected chi connectivity index (χ3v) is 6.28. The summed E-state index contributed by atoms with van der Waals surface area (Å²) in [6.45, 7) is 3.74. The van der Waals surface area contributed by atoms with E-state index in [0.29, 0.717) is 17.9 Å². The van der Waals surface area contributed by atoms with Gasteiger partial charge in [0.15, 0.2) is 0 Å². The fourth-order valence-electron chi connectivity index (χ4n) is 2.37. The first-order valence-electron chi connectivity index (χ1n) is 9.19. The van der Waals surface area contributed by atoms with Gasteiger partial charge in [-0.15, -0.1) is 0 Å². The Hall–Kier alpha value is -2.13. The number of nitrogens with one attached hydrogen (secondary N) is 2. The van der Waals surface area contributed by atoms with Crippen LogP contribution < -0.4 is 10.0 Å². The Bertz CT molecular complexity index is 1010. The van der Waals surface area contributed by atoms with E-state index in [1.165, 1.54) is 49.4 Å². The number of sulfonamides is 1. The zero-order valence-electron chi connectivity index (χ0n) is 16.4. The van der Waals surface area contributed by atoms with Gasteiger partial charge in [0.1, 0.15) is 4.90 Å². The molecule has 0 aliphatic heterocycles. The highest BCUT2D eigenvalue weighted by Gasteiger charge is 2.24. The molecule has 0 bridgehead atoms. The zero-order chi connectivity index (χ0) is 22.3. The quantitative estimate of drug-likeness (QED) is 0.419. The number of amides is 1. The maximum absolute atomic E-state index is 12.5. The van der Waals surface area contributed by atoms with Crippen LogP contribution in [0.5, 0.6) is 0 Å². The molecule has 162 valence electrons. The summed E-state index contributed by atoms with van der Waals surface area (Å²) in [5.74, 6) is -1.03. The molecule has 10 heteroatoms. The van der Waals surface area contributed by atoms with Gasteiger partial charge in [-0.25, -0.2) is 13.2 Å². The van der Waals surface area contributed by atoms with Crippen LogP contribution in [-0.4, -0.2) is 32.9 Å². The van der Waals surface area contributed by atoms with Crippen molar-refractivity contribution in [1.29, 1.82) is 0 Å². The zero-order valence-corrected chi connectivity index (χ0v) is 18.8. The van der Waals surface area contributed by atoms with Gasteiger partial charge in [-0.3, -0.25) is 4.79 Å².